The maximum atomic E-state index is 8.70. The molecule has 62 valence electrons. The number of nitrogens with zero attached hydrogens (tertiary/aromatic N) is 1. The van der Waals surface area contributed by atoms with Crippen LogP contribution in [0.3, 0.4) is 0 Å². The minimum absolute atomic E-state index is 0.175. The molecule has 0 N–H and O–H groups in total. The second-order valence-electron chi connectivity index (χ2n) is 3.91. The van der Waals surface area contributed by atoms with Gasteiger partial charge in [0.05, 0.1) is 23.7 Å². The lowest BCUT2D eigenvalue weighted by Crippen LogP contribution is -2.09. The molecule has 0 aromatic rings. The number of nitriles is 1. The van der Waals surface area contributed by atoms with Crippen LogP contribution in [-0.2, 0) is 4.74 Å². The molecule has 0 spiro atoms. The van der Waals surface area contributed by atoms with Gasteiger partial charge in [0.25, 0.3) is 0 Å². The molecule has 0 aliphatic carbocycles. The van der Waals surface area contributed by atoms with Crippen LogP contribution in [0.2, 0.25) is 0 Å². The molecule has 0 bridgehead atoms. The molecule has 1 fully saturated rings. The first-order chi connectivity index (χ1) is 5.05. The molecule has 0 aromatic heterocycles. The second-order valence-corrected chi connectivity index (χ2v) is 3.91. The summed E-state index contributed by atoms with van der Waals surface area (Å²) in [4.78, 5) is 0. The van der Waals surface area contributed by atoms with E-state index < -0.39 is 0 Å². The second kappa shape index (κ2) is 2.83. The Labute approximate surface area is 68.2 Å². The van der Waals surface area contributed by atoms with E-state index in [0.717, 1.165) is 12.8 Å². The van der Waals surface area contributed by atoms with Gasteiger partial charge >= 0.3 is 0 Å². The zero-order valence-electron chi connectivity index (χ0n) is 7.42. The van der Waals surface area contributed by atoms with Crippen LogP contribution < -0.4 is 0 Å². The molecule has 11 heavy (non-hydrogen) atoms. The Morgan fingerprint density at radius 1 is 1.55 bits per heavy atom. The van der Waals surface area contributed by atoms with E-state index in [0.29, 0.717) is 12.2 Å². The quantitative estimate of drug-likeness (QED) is 0.582. The summed E-state index contributed by atoms with van der Waals surface area (Å²) in [7, 11) is 0. The SMILES string of the molecule is CC1OC1CCC(C)(C)C#N. The molecule has 2 atom stereocenters. The van der Waals surface area contributed by atoms with Gasteiger partial charge in [-0.05, 0) is 33.6 Å². The highest BCUT2D eigenvalue weighted by atomic mass is 16.6. The lowest BCUT2D eigenvalue weighted by Gasteiger charge is -2.12. The standard InChI is InChI=1S/C9H15NO/c1-7-8(11-7)4-5-9(2,3)6-10/h7-8H,4-5H2,1-3H3. The molecule has 1 saturated heterocycles. The summed E-state index contributed by atoms with van der Waals surface area (Å²) in [5.41, 5.74) is -0.175. The third kappa shape index (κ3) is 2.51. The van der Waals surface area contributed by atoms with Crippen LogP contribution in [0.4, 0.5) is 0 Å². The normalized spacial score (nSPS) is 29.6. The van der Waals surface area contributed by atoms with E-state index in [1.54, 1.807) is 0 Å². The summed E-state index contributed by atoms with van der Waals surface area (Å²) in [6.07, 6.45) is 2.84. The van der Waals surface area contributed by atoms with E-state index >= 15 is 0 Å². The van der Waals surface area contributed by atoms with Crippen LogP contribution in [0.15, 0.2) is 0 Å². The molecule has 0 radical (unpaired) electrons. The molecule has 0 aromatic carbocycles. The fraction of sp³-hybridized carbons (Fsp3) is 0.889. The van der Waals surface area contributed by atoms with Crippen molar-refractivity contribution in [2.24, 2.45) is 5.41 Å². The third-order valence-electron chi connectivity index (χ3n) is 2.19. The summed E-state index contributed by atoms with van der Waals surface area (Å²) >= 11 is 0. The monoisotopic (exact) mass is 153 g/mol. The van der Waals surface area contributed by atoms with E-state index in [-0.39, 0.29) is 5.41 Å². The average Bonchev–Trinajstić information content (AvgIpc) is 2.63. The summed E-state index contributed by atoms with van der Waals surface area (Å²) in [6, 6.07) is 2.28. The Kier molecular flexibility index (Phi) is 2.20. The zero-order valence-corrected chi connectivity index (χ0v) is 7.42. The van der Waals surface area contributed by atoms with Crippen molar-refractivity contribution in [2.45, 2.75) is 45.8 Å². The van der Waals surface area contributed by atoms with Gasteiger partial charge in [0.2, 0.25) is 0 Å². The highest BCUT2D eigenvalue weighted by Crippen LogP contribution is 2.30. The number of ether oxygens (including phenoxy) is 1. The molecule has 2 nitrogen and oxygen atoms in total. The van der Waals surface area contributed by atoms with Crippen LogP contribution >= 0.6 is 0 Å². The number of epoxide rings is 1. The topological polar surface area (TPSA) is 36.3 Å². The van der Waals surface area contributed by atoms with Gasteiger partial charge in [-0.15, -0.1) is 0 Å². The van der Waals surface area contributed by atoms with Crippen LogP contribution in [0.25, 0.3) is 0 Å². The van der Waals surface area contributed by atoms with Crippen LogP contribution in [0.1, 0.15) is 33.6 Å². The average molecular weight is 153 g/mol. The highest BCUT2D eigenvalue weighted by molar-refractivity contribution is 4.93. The molecule has 1 heterocycles. The summed E-state index contributed by atoms with van der Waals surface area (Å²) in [5, 5.41) is 8.70. The van der Waals surface area contributed by atoms with Gasteiger partial charge in [-0.2, -0.15) is 5.26 Å². The van der Waals surface area contributed by atoms with E-state index in [2.05, 4.69) is 13.0 Å². The maximum absolute atomic E-state index is 8.70. The van der Waals surface area contributed by atoms with Crippen molar-refractivity contribution in [3.63, 3.8) is 0 Å². The minimum atomic E-state index is -0.175. The van der Waals surface area contributed by atoms with E-state index in [1.807, 2.05) is 13.8 Å². The van der Waals surface area contributed by atoms with Crippen molar-refractivity contribution in [3.8, 4) is 6.07 Å². The van der Waals surface area contributed by atoms with Crippen molar-refractivity contribution in [1.29, 1.82) is 5.26 Å². The Morgan fingerprint density at radius 2 is 2.09 bits per heavy atom. The van der Waals surface area contributed by atoms with Gasteiger partial charge in [-0.3, -0.25) is 0 Å². The van der Waals surface area contributed by atoms with Crippen molar-refractivity contribution in [2.75, 3.05) is 0 Å². The van der Waals surface area contributed by atoms with Crippen molar-refractivity contribution in [1.82, 2.24) is 0 Å². The molecule has 1 aliphatic rings. The number of hydrogen-bond acceptors (Lipinski definition) is 2. The van der Waals surface area contributed by atoms with Crippen LogP contribution in [0, 0.1) is 16.7 Å². The molecule has 1 rings (SSSR count). The molecule has 0 amide bonds. The lowest BCUT2D eigenvalue weighted by atomic mass is 9.89. The van der Waals surface area contributed by atoms with Crippen molar-refractivity contribution in [3.05, 3.63) is 0 Å². The molecule has 1 aliphatic heterocycles. The van der Waals surface area contributed by atoms with Crippen molar-refractivity contribution < 1.29 is 4.74 Å². The fourth-order valence-corrected chi connectivity index (χ4v) is 1.09. The van der Waals surface area contributed by atoms with Gasteiger partial charge in [0.15, 0.2) is 0 Å². The molecular weight excluding hydrogens is 138 g/mol. The summed E-state index contributed by atoms with van der Waals surface area (Å²) < 4.78 is 5.25. The predicted molar refractivity (Wildman–Crippen MR) is 43.0 cm³/mol. The minimum Gasteiger partial charge on any atom is -0.370 e. The summed E-state index contributed by atoms with van der Waals surface area (Å²) in [5.74, 6) is 0. The largest absolute Gasteiger partial charge is 0.370 e. The first-order valence-electron chi connectivity index (χ1n) is 4.12. The van der Waals surface area contributed by atoms with Gasteiger partial charge in [-0.25, -0.2) is 0 Å². The number of rotatable bonds is 3. The molecular formula is C9H15NO. The Morgan fingerprint density at radius 3 is 2.45 bits per heavy atom. The van der Waals surface area contributed by atoms with Gasteiger partial charge in [-0.1, -0.05) is 0 Å². The first-order valence-corrected chi connectivity index (χ1v) is 4.12. The van der Waals surface area contributed by atoms with E-state index in [1.165, 1.54) is 0 Å². The zero-order chi connectivity index (χ0) is 8.48. The van der Waals surface area contributed by atoms with Crippen LogP contribution in [0.5, 0.6) is 0 Å². The highest BCUT2D eigenvalue weighted by Gasteiger charge is 2.35. The van der Waals surface area contributed by atoms with Gasteiger partial charge < -0.3 is 4.74 Å². The Hall–Kier alpha value is -0.550. The van der Waals surface area contributed by atoms with E-state index in [4.69, 9.17) is 10.00 Å². The predicted octanol–water partition coefficient (Wildman–Crippen LogP) is 2.10. The fourth-order valence-electron chi connectivity index (χ4n) is 1.09. The van der Waals surface area contributed by atoms with Gasteiger partial charge in [0, 0.05) is 0 Å². The Bertz CT molecular complexity index is 180. The lowest BCUT2D eigenvalue weighted by molar-refractivity contribution is 0.340. The Balaban J connectivity index is 2.18. The smallest absolute Gasteiger partial charge is 0.0839 e. The summed E-state index contributed by atoms with van der Waals surface area (Å²) in [6.45, 7) is 6.02. The number of hydrogen-bond donors (Lipinski definition) is 0. The maximum Gasteiger partial charge on any atom is 0.0839 e. The molecule has 2 heteroatoms. The first kappa shape index (κ1) is 8.55. The third-order valence-corrected chi connectivity index (χ3v) is 2.19. The van der Waals surface area contributed by atoms with E-state index in [9.17, 15) is 0 Å². The van der Waals surface area contributed by atoms with Crippen molar-refractivity contribution >= 4 is 0 Å². The van der Waals surface area contributed by atoms with Crippen LogP contribution in [-0.4, -0.2) is 12.2 Å². The van der Waals surface area contributed by atoms with Gasteiger partial charge in [0.1, 0.15) is 0 Å². The molecule has 0 saturated carbocycles. The molecule has 2 unspecified atom stereocenters.